The highest BCUT2D eigenvalue weighted by Crippen LogP contribution is 2.41. The molecule has 0 spiro atoms. The van der Waals surface area contributed by atoms with E-state index in [0.29, 0.717) is 17.7 Å². The van der Waals surface area contributed by atoms with Crippen molar-refractivity contribution in [2.75, 3.05) is 21.3 Å². The number of nitrogens with zero attached hydrogens (tertiary/aromatic N) is 1. The second kappa shape index (κ2) is 11.4. The number of benzene rings is 1. The molecule has 1 aromatic rings. The first-order chi connectivity index (χ1) is 14.5. The highest BCUT2D eigenvalue weighted by atomic mass is 16.6. The van der Waals surface area contributed by atoms with E-state index in [9.17, 15) is 14.4 Å². The van der Waals surface area contributed by atoms with E-state index in [4.69, 9.17) is 14.2 Å². The molecule has 164 valence electrons. The molecule has 1 unspecified atom stereocenters. The molecule has 0 aromatic heterocycles. The zero-order valence-corrected chi connectivity index (χ0v) is 18.2. The maximum Gasteiger partial charge on any atom is 0.414 e. The van der Waals surface area contributed by atoms with Crippen LogP contribution in [0.15, 0.2) is 30.0 Å². The summed E-state index contributed by atoms with van der Waals surface area (Å²) in [6.07, 6.45) is 7.26. The number of rotatable bonds is 9. The van der Waals surface area contributed by atoms with Crippen molar-refractivity contribution in [2.24, 2.45) is 5.92 Å². The molecule has 0 radical (unpaired) electrons. The summed E-state index contributed by atoms with van der Waals surface area (Å²) in [6.45, 7) is 2.16. The van der Waals surface area contributed by atoms with Gasteiger partial charge in [-0.1, -0.05) is 56.9 Å². The van der Waals surface area contributed by atoms with Crippen LogP contribution < -0.4 is 0 Å². The number of amides is 1. The van der Waals surface area contributed by atoms with E-state index in [-0.39, 0.29) is 0 Å². The molecule has 1 aliphatic heterocycles. The van der Waals surface area contributed by atoms with Crippen molar-refractivity contribution in [3.05, 3.63) is 41.1 Å². The van der Waals surface area contributed by atoms with Crippen molar-refractivity contribution >= 4 is 24.1 Å². The molecule has 1 atom stereocenters. The predicted octanol–water partition coefficient (Wildman–Crippen LogP) is 4.47. The van der Waals surface area contributed by atoms with Crippen LogP contribution in [0.2, 0.25) is 0 Å². The summed E-state index contributed by atoms with van der Waals surface area (Å²) >= 11 is 0. The molecule has 7 heteroatoms. The number of fused-ring (bicyclic) bond motifs is 1. The van der Waals surface area contributed by atoms with Crippen molar-refractivity contribution in [3.8, 4) is 0 Å². The summed E-state index contributed by atoms with van der Waals surface area (Å²) in [5, 5.41) is 0. The van der Waals surface area contributed by atoms with Crippen molar-refractivity contribution in [1.82, 2.24) is 4.90 Å². The van der Waals surface area contributed by atoms with Gasteiger partial charge in [-0.15, -0.1) is 0 Å². The molecule has 0 saturated carbocycles. The molecular weight excluding hydrogens is 386 g/mol. The number of esters is 2. The Hall–Kier alpha value is -2.83. The average molecular weight is 418 g/mol. The Morgan fingerprint density at radius 2 is 1.57 bits per heavy atom. The standard InChI is InChI=1S/C23H31NO6/c1-5-6-7-8-9-13-17-15-16-12-10-11-14-18(16)20(24(17)23(27)30-4)19(21(25)28-2)22(26)29-3/h10-12,14-15,19-20H,5-9,13H2,1-4H3. The van der Waals surface area contributed by atoms with Gasteiger partial charge in [0.2, 0.25) is 0 Å². The van der Waals surface area contributed by atoms with Crippen LogP contribution in [0.4, 0.5) is 4.79 Å². The normalized spacial score (nSPS) is 15.3. The SMILES string of the molecule is CCCCCCCC1=Cc2ccccc2C(C(C(=O)OC)C(=O)OC)N1C(=O)OC. The number of methoxy groups -OCH3 is 3. The maximum atomic E-state index is 12.8. The molecule has 0 saturated heterocycles. The van der Waals surface area contributed by atoms with Crippen LogP contribution >= 0.6 is 0 Å². The number of carbonyl (C=O) groups is 3. The van der Waals surface area contributed by atoms with Gasteiger partial charge in [-0.3, -0.25) is 14.5 Å². The second-order valence-electron chi connectivity index (χ2n) is 7.24. The molecule has 1 aromatic carbocycles. The van der Waals surface area contributed by atoms with E-state index in [0.717, 1.165) is 37.7 Å². The first-order valence-corrected chi connectivity index (χ1v) is 10.3. The van der Waals surface area contributed by atoms with Crippen molar-refractivity contribution in [1.29, 1.82) is 0 Å². The van der Waals surface area contributed by atoms with Crippen molar-refractivity contribution in [3.63, 3.8) is 0 Å². The van der Waals surface area contributed by atoms with E-state index >= 15 is 0 Å². The van der Waals surface area contributed by atoms with Crippen molar-refractivity contribution < 1.29 is 28.6 Å². The third-order valence-electron chi connectivity index (χ3n) is 5.36. The van der Waals surface area contributed by atoms with Gasteiger partial charge in [-0.05, 0) is 30.0 Å². The lowest BCUT2D eigenvalue weighted by Gasteiger charge is -2.39. The van der Waals surface area contributed by atoms with Crippen LogP contribution in [0.1, 0.15) is 62.6 Å². The molecule has 1 aliphatic rings. The first-order valence-electron chi connectivity index (χ1n) is 10.3. The van der Waals surface area contributed by atoms with Crippen LogP contribution in [0, 0.1) is 5.92 Å². The Balaban J connectivity index is 2.51. The van der Waals surface area contributed by atoms with Crippen LogP contribution in [0.25, 0.3) is 6.08 Å². The Morgan fingerprint density at radius 3 is 2.17 bits per heavy atom. The Labute approximate surface area is 178 Å². The molecule has 1 amide bonds. The highest BCUT2D eigenvalue weighted by molar-refractivity contribution is 5.97. The van der Waals surface area contributed by atoms with Gasteiger partial charge >= 0.3 is 18.0 Å². The Bertz CT molecular complexity index is 772. The molecule has 0 bridgehead atoms. The average Bonchev–Trinajstić information content (AvgIpc) is 2.77. The van der Waals surface area contributed by atoms with E-state index in [1.54, 1.807) is 12.1 Å². The summed E-state index contributed by atoms with van der Waals surface area (Å²) in [7, 11) is 3.70. The quantitative estimate of drug-likeness (QED) is 0.255. The Morgan fingerprint density at radius 1 is 0.933 bits per heavy atom. The molecule has 30 heavy (non-hydrogen) atoms. The zero-order chi connectivity index (χ0) is 22.1. The largest absolute Gasteiger partial charge is 0.468 e. The van der Waals surface area contributed by atoms with Crippen LogP contribution in [-0.2, 0) is 23.8 Å². The monoisotopic (exact) mass is 417 g/mol. The summed E-state index contributed by atoms with van der Waals surface area (Å²) < 4.78 is 14.8. The lowest BCUT2D eigenvalue weighted by molar-refractivity contribution is -0.161. The Kier molecular flexibility index (Phi) is 8.89. The number of hydrogen-bond acceptors (Lipinski definition) is 6. The third-order valence-corrected chi connectivity index (χ3v) is 5.36. The summed E-state index contributed by atoms with van der Waals surface area (Å²) in [5.74, 6) is -2.86. The zero-order valence-electron chi connectivity index (χ0n) is 18.2. The van der Waals surface area contributed by atoms with E-state index in [2.05, 4.69) is 6.92 Å². The topological polar surface area (TPSA) is 82.1 Å². The molecular formula is C23H31NO6. The molecule has 7 nitrogen and oxygen atoms in total. The lowest BCUT2D eigenvalue weighted by atomic mass is 9.84. The molecule has 0 aliphatic carbocycles. The second-order valence-corrected chi connectivity index (χ2v) is 7.24. The highest BCUT2D eigenvalue weighted by Gasteiger charge is 2.46. The minimum absolute atomic E-state index is 0.624. The van der Waals surface area contributed by atoms with E-state index < -0.39 is 30.0 Å². The number of hydrogen-bond donors (Lipinski definition) is 0. The minimum atomic E-state index is -1.33. The van der Waals surface area contributed by atoms with Crippen LogP contribution in [0.3, 0.4) is 0 Å². The summed E-state index contributed by atoms with van der Waals surface area (Å²) in [6, 6.07) is 6.47. The fourth-order valence-corrected chi connectivity index (χ4v) is 3.85. The molecule has 0 N–H and O–H groups in total. The van der Waals surface area contributed by atoms with Crippen LogP contribution in [0.5, 0.6) is 0 Å². The van der Waals surface area contributed by atoms with Gasteiger partial charge in [0.05, 0.1) is 27.4 Å². The lowest BCUT2D eigenvalue weighted by Crippen LogP contribution is -2.45. The van der Waals surface area contributed by atoms with Gasteiger partial charge in [0, 0.05) is 5.70 Å². The molecule has 1 heterocycles. The van der Waals surface area contributed by atoms with Gasteiger partial charge in [0.15, 0.2) is 5.92 Å². The number of carbonyl (C=O) groups excluding carboxylic acids is 3. The van der Waals surface area contributed by atoms with Gasteiger partial charge in [0.25, 0.3) is 0 Å². The fraction of sp³-hybridized carbons (Fsp3) is 0.522. The predicted molar refractivity (Wildman–Crippen MR) is 112 cm³/mol. The van der Waals surface area contributed by atoms with Crippen molar-refractivity contribution in [2.45, 2.75) is 51.5 Å². The number of unbranched alkanes of at least 4 members (excludes halogenated alkanes) is 4. The smallest absolute Gasteiger partial charge is 0.414 e. The van der Waals surface area contributed by atoms with Crippen LogP contribution in [-0.4, -0.2) is 44.3 Å². The molecule has 2 rings (SSSR count). The number of ether oxygens (including phenoxy) is 3. The summed E-state index contributed by atoms with van der Waals surface area (Å²) in [5.41, 5.74) is 2.22. The third kappa shape index (κ3) is 5.20. The number of allylic oxidation sites excluding steroid dienone is 1. The minimum Gasteiger partial charge on any atom is -0.468 e. The summed E-state index contributed by atoms with van der Waals surface area (Å²) in [4.78, 5) is 39.4. The van der Waals surface area contributed by atoms with Gasteiger partial charge in [-0.25, -0.2) is 4.79 Å². The maximum absolute atomic E-state index is 12.8. The van der Waals surface area contributed by atoms with E-state index in [1.165, 1.54) is 26.2 Å². The first kappa shape index (κ1) is 23.4. The van der Waals surface area contributed by atoms with E-state index in [1.807, 2.05) is 18.2 Å². The van der Waals surface area contributed by atoms with Gasteiger partial charge in [-0.2, -0.15) is 0 Å². The van der Waals surface area contributed by atoms with Gasteiger partial charge < -0.3 is 14.2 Å². The van der Waals surface area contributed by atoms with Gasteiger partial charge in [0.1, 0.15) is 0 Å². The fourth-order valence-electron chi connectivity index (χ4n) is 3.85. The molecule has 0 fully saturated rings.